The van der Waals surface area contributed by atoms with Crippen LogP contribution >= 0.6 is 0 Å². The maximum atomic E-state index is 11.8. The van der Waals surface area contributed by atoms with Crippen molar-refractivity contribution in [3.63, 3.8) is 0 Å². The quantitative estimate of drug-likeness (QED) is 0.884. The van der Waals surface area contributed by atoms with Gasteiger partial charge in [0.25, 0.3) is 5.91 Å². The molecule has 0 saturated heterocycles. The van der Waals surface area contributed by atoms with E-state index in [4.69, 9.17) is 0 Å². The van der Waals surface area contributed by atoms with Gasteiger partial charge in [-0.05, 0) is 30.2 Å². The third kappa shape index (κ3) is 2.72. The Hall–Kier alpha value is -2.14. The van der Waals surface area contributed by atoms with Crippen molar-refractivity contribution in [1.29, 1.82) is 0 Å². The van der Waals surface area contributed by atoms with Gasteiger partial charge < -0.3 is 10.2 Å². The molecule has 0 saturated carbocycles. The first-order valence-corrected chi connectivity index (χ1v) is 6.78. The predicted molar refractivity (Wildman–Crippen MR) is 76.2 cm³/mol. The molecule has 0 aliphatic carbocycles. The minimum Gasteiger partial charge on any atom is -0.348 e. The number of nitrogens with one attached hydrogen (secondary N) is 2. The highest BCUT2D eigenvalue weighted by Gasteiger charge is 2.13. The van der Waals surface area contributed by atoms with Crippen LogP contribution in [-0.2, 0) is 19.5 Å². The van der Waals surface area contributed by atoms with E-state index in [1.807, 2.05) is 0 Å². The zero-order valence-corrected chi connectivity index (χ0v) is 11.5. The molecular formula is C15H18N4O. The molecule has 1 amide bonds. The number of carbonyl (C=O) groups is 1. The summed E-state index contributed by atoms with van der Waals surface area (Å²) in [7, 11) is 2.14. The van der Waals surface area contributed by atoms with E-state index in [9.17, 15) is 4.79 Å². The van der Waals surface area contributed by atoms with E-state index in [1.165, 1.54) is 17.3 Å². The Morgan fingerprint density at radius 3 is 3.15 bits per heavy atom. The molecule has 1 aliphatic heterocycles. The van der Waals surface area contributed by atoms with E-state index in [1.54, 1.807) is 6.20 Å². The first kappa shape index (κ1) is 12.9. The van der Waals surface area contributed by atoms with Gasteiger partial charge in [-0.15, -0.1) is 0 Å². The first-order chi connectivity index (χ1) is 9.72. The van der Waals surface area contributed by atoms with Crippen LogP contribution in [0.15, 0.2) is 30.6 Å². The average molecular weight is 270 g/mol. The van der Waals surface area contributed by atoms with E-state index < -0.39 is 0 Å². The van der Waals surface area contributed by atoms with Crippen LogP contribution in [0.5, 0.6) is 0 Å². The van der Waals surface area contributed by atoms with Crippen LogP contribution in [0.4, 0.5) is 0 Å². The van der Waals surface area contributed by atoms with Gasteiger partial charge in [-0.2, -0.15) is 5.10 Å². The number of carbonyl (C=O) groups excluding carboxylic acids is 1. The molecule has 2 heterocycles. The lowest BCUT2D eigenvalue weighted by molar-refractivity contribution is 0.0951. The number of aromatic amines is 1. The molecule has 20 heavy (non-hydrogen) atoms. The Bertz CT molecular complexity index is 606. The Kier molecular flexibility index (Phi) is 3.52. The van der Waals surface area contributed by atoms with E-state index in [2.05, 4.69) is 45.7 Å². The van der Waals surface area contributed by atoms with Gasteiger partial charge >= 0.3 is 0 Å². The van der Waals surface area contributed by atoms with Gasteiger partial charge in [-0.3, -0.25) is 9.89 Å². The second kappa shape index (κ2) is 5.46. The Morgan fingerprint density at radius 1 is 1.45 bits per heavy atom. The fourth-order valence-corrected chi connectivity index (χ4v) is 2.52. The molecule has 1 aliphatic rings. The molecule has 5 heteroatoms. The lowest BCUT2D eigenvalue weighted by Crippen LogP contribution is -2.27. The number of H-pyrrole nitrogens is 1. The standard InChI is InChI=1S/C15H18N4O/c1-19-5-4-12-3-2-11(6-13(12)10-19)7-16-15(20)14-8-17-18-9-14/h2-3,6,8-9H,4-5,7,10H2,1H3,(H,16,20)(H,17,18). The van der Waals surface area contributed by atoms with Crippen molar-refractivity contribution < 1.29 is 4.79 Å². The molecular weight excluding hydrogens is 252 g/mol. The smallest absolute Gasteiger partial charge is 0.254 e. The zero-order valence-electron chi connectivity index (χ0n) is 11.5. The van der Waals surface area contributed by atoms with Gasteiger partial charge in [0, 0.05) is 25.8 Å². The van der Waals surface area contributed by atoms with Crippen LogP contribution in [0.3, 0.4) is 0 Å². The summed E-state index contributed by atoms with van der Waals surface area (Å²) >= 11 is 0. The summed E-state index contributed by atoms with van der Waals surface area (Å²) in [5.74, 6) is -0.103. The molecule has 2 N–H and O–H groups in total. The van der Waals surface area contributed by atoms with Crippen LogP contribution in [0.2, 0.25) is 0 Å². The number of nitrogens with zero attached hydrogens (tertiary/aromatic N) is 2. The third-order valence-corrected chi connectivity index (χ3v) is 3.69. The highest BCUT2D eigenvalue weighted by atomic mass is 16.1. The molecule has 0 fully saturated rings. The minimum absolute atomic E-state index is 0.103. The van der Waals surface area contributed by atoms with Crippen LogP contribution in [0.1, 0.15) is 27.0 Å². The zero-order chi connectivity index (χ0) is 13.9. The van der Waals surface area contributed by atoms with Crippen molar-refractivity contribution >= 4 is 5.91 Å². The van der Waals surface area contributed by atoms with E-state index in [-0.39, 0.29) is 5.91 Å². The Balaban J connectivity index is 1.66. The number of amides is 1. The topological polar surface area (TPSA) is 61.0 Å². The lowest BCUT2D eigenvalue weighted by atomic mass is 9.97. The molecule has 0 atom stereocenters. The van der Waals surface area contributed by atoms with Crippen LogP contribution in [-0.4, -0.2) is 34.6 Å². The number of hydrogen-bond donors (Lipinski definition) is 2. The van der Waals surface area contributed by atoms with Gasteiger partial charge in [-0.1, -0.05) is 18.2 Å². The highest BCUT2D eigenvalue weighted by Crippen LogP contribution is 2.19. The maximum Gasteiger partial charge on any atom is 0.254 e. The van der Waals surface area contributed by atoms with Gasteiger partial charge in [0.05, 0.1) is 11.8 Å². The SMILES string of the molecule is CN1CCc2ccc(CNC(=O)c3cn[nH]c3)cc2C1. The summed E-state index contributed by atoms with van der Waals surface area (Å²) in [6.07, 6.45) is 4.22. The molecule has 104 valence electrons. The second-order valence-electron chi connectivity index (χ2n) is 5.26. The summed E-state index contributed by atoms with van der Waals surface area (Å²) in [5.41, 5.74) is 4.49. The number of aromatic nitrogens is 2. The minimum atomic E-state index is -0.103. The fourth-order valence-electron chi connectivity index (χ4n) is 2.52. The number of hydrogen-bond acceptors (Lipinski definition) is 3. The summed E-state index contributed by atoms with van der Waals surface area (Å²) < 4.78 is 0. The van der Waals surface area contributed by atoms with Gasteiger partial charge in [-0.25, -0.2) is 0 Å². The molecule has 0 radical (unpaired) electrons. The molecule has 0 unspecified atom stereocenters. The van der Waals surface area contributed by atoms with Crippen molar-refractivity contribution in [1.82, 2.24) is 20.4 Å². The molecule has 1 aromatic carbocycles. The van der Waals surface area contributed by atoms with E-state index in [0.717, 1.165) is 25.1 Å². The molecule has 2 aromatic rings. The van der Waals surface area contributed by atoms with Crippen molar-refractivity contribution in [2.24, 2.45) is 0 Å². The number of benzene rings is 1. The van der Waals surface area contributed by atoms with Gasteiger partial charge in [0.2, 0.25) is 0 Å². The van der Waals surface area contributed by atoms with Crippen LogP contribution in [0, 0.1) is 0 Å². The number of fused-ring (bicyclic) bond motifs is 1. The molecule has 5 nitrogen and oxygen atoms in total. The Morgan fingerprint density at radius 2 is 2.35 bits per heavy atom. The second-order valence-corrected chi connectivity index (χ2v) is 5.26. The van der Waals surface area contributed by atoms with Crippen LogP contribution < -0.4 is 5.32 Å². The molecule has 3 rings (SSSR count). The number of rotatable bonds is 3. The summed E-state index contributed by atoms with van der Waals surface area (Å²) in [6, 6.07) is 6.47. The molecule has 0 spiro atoms. The van der Waals surface area contributed by atoms with Gasteiger partial charge in [0.15, 0.2) is 0 Å². The lowest BCUT2D eigenvalue weighted by Gasteiger charge is -2.25. The van der Waals surface area contributed by atoms with Crippen molar-refractivity contribution in [2.75, 3.05) is 13.6 Å². The van der Waals surface area contributed by atoms with Crippen molar-refractivity contribution in [2.45, 2.75) is 19.5 Å². The summed E-state index contributed by atoms with van der Waals surface area (Å²) in [4.78, 5) is 14.2. The molecule has 1 aromatic heterocycles. The largest absolute Gasteiger partial charge is 0.348 e. The van der Waals surface area contributed by atoms with E-state index >= 15 is 0 Å². The average Bonchev–Trinajstić information content (AvgIpc) is 2.98. The summed E-state index contributed by atoms with van der Waals surface area (Å²) in [6.45, 7) is 2.64. The van der Waals surface area contributed by atoms with E-state index in [0.29, 0.717) is 12.1 Å². The number of likely N-dealkylation sites (N-methyl/N-ethyl adjacent to an activating group) is 1. The summed E-state index contributed by atoms with van der Waals surface area (Å²) in [5, 5.41) is 9.32. The third-order valence-electron chi connectivity index (χ3n) is 3.69. The van der Waals surface area contributed by atoms with Crippen molar-refractivity contribution in [3.8, 4) is 0 Å². The van der Waals surface area contributed by atoms with Gasteiger partial charge in [0.1, 0.15) is 0 Å². The highest BCUT2D eigenvalue weighted by molar-refractivity contribution is 5.93. The van der Waals surface area contributed by atoms with Crippen molar-refractivity contribution in [3.05, 3.63) is 52.8 Å². The maximum absolute atomic E-state index is 11.8. The van der Waals surface area contributed by atoms with Crippen LogP contribution in [0.25, 0.3) is 0 Å². The fraction of sp³-hybridized carbons (Fsp3) is 0.333. The first-order valence-electron chi connectivity index (χ1n) is 6.78. The predicted octanol–water partition coefficient (Wildman–Crippen LogP) is 1.33. The Labute approximate surface area is 118 Å². The normalized spacial score (nSPS) is 14.8. The monoisotopic (exact) mass is 270 g/mol. The molecule has 0 bridgehead atoms.